The highest BCUT2D eigenvalue weighted by Crippen LogP contribution is 2.69. The summed E-state index contributed by atoms with van der Waals surface area (Å²) in [6.07, 6.45) is 4.32. The molecule has 0 radical (unpaired) electrons. The Labute approximate surface area is 141 Å². The number of aryl methyl sites for hydroxylation is 1. The lowest BCUT2D eigenvalue weighted by atomic mass is 9.64. The maximum absolute atomic E-state index is 11.3. The van der Waals surface area contributed by atoms with Gasteiger partial charge in [-0.15, -0.1) is 0 Å². The Balaban J connectivity index is 1.81. The molecule has 2 bridgehead atoms. The summed E-state index contributed by atoms with van der Waals surface area (Å²) in [4.78, 5) is 8.44. The van der Waals surface area contributed by atoms with Gasteiger partial charge in [0.05, 0.1) is 11.3 Å². The van der Waals surface area contributed by atoms with Gasteiger partial charge in [-0.05, 0) is 37.5 Å². The van der Waals surface area contributed by atoms with Crippen LogP contribution in [0.15, 0.2) is 6.33 Å². The van der Waals surface area contributed by atoms with Gasteiger partial charge in [0.2, 0.25) is 0 Å². The lowest BCUT2D eigenvalue weighted by Gasteiger charge is -2.42. The molecular formula is C18H23N5O. The molecule has 3 N–H and O–H groups in total. The largest absolute Gasteiger partial charge is 0.382 e. The van der Waals surface area contributed by atoms with Gasteiger partial charge in [0.25, 0.3) is 5.78 Å². The first-order valence-corrected chi connectivity index (χ1v) is 8.41. The van der Waals surface area contributed by atoms with E-state index in [1.165, 1.54) is 17.3 Å². The second-order valence-corrected chi connectivity index (χ2v) is 8.03. The Bertz CT molecular complexity index is 905. The molecule has 2 heterocycles. The molecule has 6 nitrogen and oxygen atoms in total. The van der Waals surface area contributed by atoms with Crippen LogP contribution in [0, 0.1) is 35.5 Å². The van der Waals surface area contributed by atoms with E-state index >= 15 is 0 Å². The molecule has 2 aromatic heterocycles. The fourth-order valence-corrected chi connectivity index (χ4v) is 4.76. The number of hydrogen-bond acceptors (Lipinski definition) is 5. The van der Waals surface area contributed by atoms with Gasteiger partial charge in [0.1, 0.15) is 17.7 Å². The third-order valence-corrected chi connectivity index (χ3v) is 6.93. The highest BCUT2D eigenvalue weighted by molar-refractivity contribution is 5.58. The van der Waals surface area contributed by atoms with Gasteiger partial charge in [-0.25, -0.2) is 4.98 Å². The number of nitrogen functional groups attached to an aromatic ring is 1. The van der Waals surface area contributed by atoms with E-state index in [9.17, 15) is 5.11 Å². The van der Waals surface area contributed by atoms with E-state index in [0.717, 1.165) is 12.8 Å². The van der Waals surface area contributed by atoms with Crippen molar-refractivity contribution in [2.24, 2.45) is 16.7 Å². The Hall–Kier alpha value is -2.13. The van der Waals surface area contributed by atoms with Crippen molar-refractivity contribution in [2.75, 3.05) is 5.73 Å². The van der Waals surface area contributed by atoms with Crippen LogP contribution in [0.2, 0.25) is 0 Å². The number of aromatic nitrogens is 4. The van der Waals surface area contributed by atoms with Crippen LogP contribution < -0.4 is 5.73 Å². The van der Waals surface area contributed by atoms with E-state index in [1.54, 1.807) is 0 Å². The van der Waals surface area contributed by atoms with Gasteiger partial charge in [-0.1, -0.05) is 32.6 Å². The molecule has 2 aliphatic rings. The quantitative estimate of drug-likeness (QED) is 0.723. The molecule has 0 aliphatic heterocycles. The van der Waals surface area contributed by atoms with Crippen molar-refractivity contribution in [2.45, 2.75) is 52.6 Å². The standard InChI is InChI=1S/C18H23N5O/c1-11-13(14(19)23-15(22-11)20-10-21-23)6-8-18(24)9-12-5-7-17(18,4)16(12,2)3/h10,12,24H,5,7,9,19H2,1-4H3/t12-,17-,18?/m1/s1. The number of aliphatic hydroxyl groups is 1. The summed E-state index contributed by atoms with van der Waals surface area (Å²) in [5, 5.41) is 15.4. The molecule has 3 atom stereocenters. The predicted molar refractivity (Wildman–Crippen MR) is 91.0 cm³/mol. The fraction of sp³-hybridized carbons (Fsp3) is 0.611. The van der Waals surface area contributed by atoms with Crippen molar-refractivity contribution >= 4 is 11.6 Å². The molecule has 2 aliphatic carbocycles. The molecule has 126 valence electrons. The van der Waals surface area contributed by atoms with Crippen LogP contribution in [0.1, 0.15) is 51.3 Å². The van der Waals surface area contributed by atoms with Crippen LogP contribution in [-0.2, 0) is 0 Å². The van der Waals surface area contributed by atoms with E-state index in [1.807, 2.05) is 6.92 Å². The molecule has 0 spiro atoms. The van der Waals surface area contributed by atoms with Gasteiger partial charge in [0.15, 0.2) is 0 Å². The van der Waals surface area contributed by atoms with Crippen LogP contribution in [0.5, 0.6) is 0 Å². The third-order valence-electron chi connectivity index (χ3n) is 6.93. The smallest absolute Gasteiger partial charge is 0.254 e. The molecule has 2 saturated carbocycles. The number of nitrogens with two attached hydrogens (primary N) is 1. The van der Waals surface area contributed by atoms with Crippen LogP contribution in [-0.4, -0.2) is 30.3 Å². The number of fused-ring (bicyclic) bond motifs is 3. The highest BCUT2D eigenvalue weighted by atomic mass is 16.3. The van der Waals surface area contributed by atoms with Gasteiger partial charge < -0.3 is 10.8 Å². The van der Waals surface area contributed by atoms with Gasteiger partial charge in [0, 0.05) is 5.41 Å². The molecule has 2 aromatic rings. The summed E-state index contributed by atoms with van der Waals surface area (Å²) in [7, 11) is 0. The maximum atomic E-state index is 11.3. The molecular weight excluding hydrogens is 302 g/mol. The van der Waals surface area contributed by atoms with Crippen molar-refractivity contribution in [1.29, 1.82) is 0 Å². The number of nitrogens with zero attached hydrogens (tertiary/aromatic N) is 4. The molecule has 4 rings (SSSR count). The summed E-state index contributed by atoms with van der Waals surface area (Å²) >= 11 is 0. The minimum Gasteiger partial charge on any atom is -0.382 e. The summed E-state index contributed by atoms with van der Waals surface area (Å²) in [5.41, 5.74) is 6.41. The number of hydrogen-bond donors (Lipinski definition) is 2. The van der Waals surface area contributed by atoms with Crippen LogP contribution in [0.3, 0.4) is 0 Å². The zero-order chi connectivity index (χ0) is 17.3. The van der Waals surface area contributed by atoms with Crippen LogP contribution >= 0.6 is 0 Å². The van der Waals surface area contributed by atoms with E-state index in [4.69, 9.17) is 5.73 Å². The van der Waals surface area contributed by atoms with Crippen LogP contribution in [0.4, 0.5) is 5.82 Å². The van der Waals surface area contributed by atoms with Gasteiger partial charge >= 0.3 is 0 Å². The molecule has 0 amide bonds. The minimum absolute atomic E-state index is 0.0884. The van der Waals surface area contributed by atoms with E-state index in [2.05, 4.69) is 47.7 Å². The van der Waals surface area contributed by atoms with Crippen molar-refractivity contribution in [3.8, 4) is 11.8 Å². The average molecular weight is 325 g/mol. The van der Waals surface area contributed by atoms with Crippen LogP contribution in [0.25, 0.3) is 5.78 Å². The summed E-state index contributed by atoms with van der Waals surface area (Å²) in [6, 6.07) is 0. The Kier molecular flexibility index (Phi) is 2.88. The second kappa shape index (κ2) is 4.48. The summed E-state index contributed by atoms with van der Waals surface area (Å²) < 4.78 is 1.48. The monoisotopic (exact) mass is 325 g/mol. The molecule has 0 saturated heterocycles. The Morgan fingerprint density at radius 2 is 2.12 bits per heavy atom. The van der Waals surface area contributed by atoms with Crippen molar-refractivity contribution in [3.05, 3.63) is 17.6 Å². The average Bonchev–Trinajstić information content (AvgIpc) is 3.09. The maximum Gasteiger partial charge on any atom is 0.254 e. The number of rotatable bonds is 0. The molecule has 6 heteroatoms. The molecule has 2 fully saturated rings. The fourth-order valence-electron chi connectivity index (χ4n) is 4.76. The zero-order valence-electron chi connectivity index (χ0n) is 14.6. The second-order valence-electron chi connectivity index (χ2n) is 8.03. The van der Waals surface area contributed by atoms with Crippen molar-refractivity contribution in [3.63, 3.8) is 0 Å². The SMILES string of the molecule is Cc1nc2ncnn2c(N)c1C#CC1(O)C[C@H]2CC[C@]1(C)C2(C)C. The lowest BCUT2D eigenvalue weighted by molar-refractivity contribution is -0.0432. The highest BCUT2D eigenvalue weighted by Gasteiger charge is 2.68. The van der Waals surface area contributed by atoms with Crippen molar-refractivity contribution in [1.82, 2.24) is 19.6 Å². The third kappa shape index (κ3) is 1.68. The molecule has 1 unspecified atom stereocenters. The van der Waals surface area contributed by atoms with E-state index in [-0.39, 0.29) is 10.8 Å². The minimum atomic E-state index is -0.990. The lowest BCUT2D eigenvalue weighted by Crippen LogP contribution is -2.46. The first-order valence-electron chi connectivity index (χ1n) is 8.41. The predicted octanol–water partition coefficient (Wildman–Crippen LogP) is 1.94. The van der Waals surface area contributed by atoms with Gasteiger partial charge in [-0.3, -0.25) is 0 Å². The van der Waals surface area contributed by atoms with E-state index < -0.39 is 5.60 Å². The Morgan fingerprint density at radius 1 is 1.38 bits per heavy atom. The first-order chi connectivity index (χ1) is 11.2. The summed E-state index contributed by atoms with van der Waals surface area (Å²) in [5.74, 6) is 7.67. The normalized spacial score (nSPS) is 33.6. The topological polar surface area (TPSA) is 89.3 Å². The van der Waals surface area contributed by atoms with E-state index in [0.29, 0.717) is 28.8 Å². The molecule has 0 aromatic carbocycles. The first kappa shape index (κ1) is 15.4. The zero-order valence-corrected chi connectivity index (χ0v) is 14.6. The van der Waals surface area contributed by atoms with Gasteiger partial charge in [-0.2, -0.15) is 14.6 Å². The Morgan fingerprint density at radius 3 is 2.75 bits per heavy atom. The number of anilines is 1. The van der Waals surface area contributed by atoms with Crippen molar-refractivity contribution < 1.29 is 5.11 Å². The molecule has 24 heavy (non-hydrogen) atoms. The summed E-state index contributed by atoms with van der Waals surface area (Å²) in [6.45, 7) is 8.54.